The first-order valence-corrected chi connectivity index (χ1v) is 3.66. The number of rotatable bonds is 0. The van der Waals surface area contributed by atoms with Gasteiger partial charge in [0, 0.05) is 6.92 Å². The van der Waals surface area contributed by atoms with Crippen LogP contribution in [-0.2, 0) is 0 Å². The van der Waals surface area contributed by atoms with Crippen LogP contribution in [0.15, 0.2) is 24.3 Å². The van der Waals surface area contributed by atoms with Crippen LogP contribution >= 0.6 is 0 Å². The molecule has 3 nitrogen and oxygen atoms in total. The quantitative estimate of drug-likeness (QED) is 0.621. The molecule has 0 saturated heterocycles. The normalized spacial score (nSPS) is 26.7. The van der Waals surface area contributed by atoms with Crippen molar-refractivity contribution < 1.29 is 14.6 Å². The molecule has 1 unspecified atom stereocenters. The Morgan fingerprint density at radius 3 is 2.75 bits per heavy atom. The van der Waals surface area contributed by atoms with Crippen LogP contribution < -0.4 is 4.74 Å². The van der Waals surface area contributed by atoms with E-state index in [1.807, 2.05) is 0 Å². The second-order valence-electron chi connectivity index (χ2n) is 2.91. The number of carbonyl (C=O) groups is 1. The Labute approximate surface area is 69.6 Å². The van der Waals surface area contributed by atoms with Gasteiger partial charge in [-0.1, -0.05) is 12.1 Å². The number of hydrogen-bond acceptors (Lipinski definition) is 3. The summed E-state index contributed by atoms with van der Waals surface area (Å²) in [5.41, 5.74) is 0.447. The lowest BCUT2D eigenvalue weighted by atomic mass is 10.1. The van der Waals surface area contributed by atoms with Gasteiger partial charge >= 0.3 is 0 Å². The van der Waals surface area contributed by atoms with E-state index in [0.717, 1.165) is 0 Å². The summed E-state index contributed by atoms with van der Waals surface area (Å²) in [5.74, 6) is -1.60. The van der Waals surface area contributed by atoms with Crippen LogP contribution in [0.1, 0.15) is 17.3 Å². The summed E-state index contributed by atoms with van der Waals surface area (Å²) in [6, 6.07) is 6.79. The Balaban J connectivity index is 2.57. The lowest BCUT2D eigenvalue weighted by Crippen LogP contribution is -2.35. The molecule has 62 valence electrons. The van der Waals surface area contributed by atoms with Gasteiger partial charge in [0.05, 0.1) is 5.56 Å². The van der Waals surface area contributed by atoms with Crippen LogP contribution in [-0.4, -0.2) is 16.7 Å². The van der Waals surface area contributed by atoms with Gasteiger partial charge in [-0.05, 0) is 12.1 Å². The molecule has 0 bridgehead atoms. The van der Waals surface area contributed by atoms with Crippen molar-refractivity contribution in [3.8, 4) is 5.75 Å². The van der Waals surface area contributed by atoms with Gasteiger partial charge < -0.3 is 9.84 Å². The molecule has 1 aromatic carbocycles. The maximum atomic E-state index is 11.3. The number of hydrogen-bond donors (Lipinski definition) is 1. The second kappa shape index (κ2) is 2.08. The average Bonchev–Trinajstić information content (AvgIpc) is 2.24. The Morgan fingerprint density at radius 2 is 2.08 bits per heavy atom. The fourth-order valence-corrected chi connectivity index (χ4v) is 1.25. The van der Waals surface area contributed by atoms with E-state index < -0.39 is 5.79 Å². The van der Waals surface area contributed by atoms with Gasteiger partial charge in [0.25, 0.3) is 5.79 Å². The molecule has 1 aliphatic rings. The summed E-state index contributed by atoms with van der Waals surface area (Å²) < 4.78 is 5.01. The molecule has 12 heavy (non-hydrogen) atoms. The summed E-state index contributed by atoms with van der Waals surface area (Å²) in [5, 5.41) is 9.41. The smallest absolute Gasteiger partial charge is 0.269 e. The zero-order chi connectivity index (χ0) is 8.77. The standard InChI is InChI=1S/C9H8O3/c1-9(11)8(10)6-4-2-3-5-7(6)12-9/h2-5,11H,1H3. The molecular weight excluding hydrogens is 156 g/mol. The van der Waals surface area contributed by atoms with Crippen molar-refractivity contribution in [1.29, 1.82) is 0 Å². The van der Waals surface area contributed by atoms with Crippen molar-refractivity contribution >= 4 is 5.78 Å². The molecule has 1 heterocycles. The third kappa shape index (κ3) is 0.833. The first-order chi connectivity index (χ1) is 5.61. The fourth-order valence-electron chi connectivity index (χ4n) is 1.25. The SMILES string of the molecule is CC1(O)Oc2ccccc2C1=O. The number of carbonyl (C=O) groups excluding carboxylic acids is 1. The topological polar surface area (TPSA) is 46.5 Å². The monoisotopic (exact) mass is 164 g/mol. The summed E-state index contributed by atoms with van der Waals surface area (Å²) in [6.07, 6.45) is 0. The number of Topliss-reactive ketones (excluding diaryl/α,β-unsaturated/α-hetero) is 1. The Hall–Kier alpha value is -1.35. The zero-order valence-electron chi connectivity index (χ0n) is 6.57. The minimum Gasteiger partial charge on any atom is -0.454 e. The molecule has 1 atom stereocenters. The van der Waals surface area contributed by atoms with E-state index in [9.17, 15) is 9.90 Å². The van der Waals surface area contributed by atoms with Crippen molar-refractivity contribution in [3.63, 3.8) is 0 Å². The minimum absolute atomic E-state index is 0.377. The van der Waals surface area contributed by atoms with Crippen LogP contribution in [0.2, 0.25) is 0 Å². The van der Waals surface area contributed by atoms with Crippen LogP contribution in [0.25, 0.3) is 0 Å². The summed E-state index contributed by atoms with van der Waals surface area (Å²) in [6.45, 7) is 1.34. The van der Waals surface area contributed by atoms with Crippen molar-refractivity contribution in [2.45, 2.75) is 12.7 Å². The van der Waals surface area contributed by atoms with Gasteiger partial charge in [0.2, 0.25) is 5.78 Å². The van der Waals surface area contributed by atoms with Gasteiger partial charge in [0.1, 0.15) is 5.75 Å². The number of ketones is 1. The van der Waals surface area contributed by atoms with Gasteiger partial charge in [-0.2, -0.15) is 0 Å². The van der Waals surface area contributed by atoms with Crippen LogP contribution in [0.4, 0.5) is 0 Å². The van der Waals surface area contributed by atoms with Gasteiger partial charge in [-0.25, -0.2) is 0 Å². The molecule has 0 amide bonds. The average molecular weight is 164 g/mol. The molecular formula is C9H8O3. The Kier molecular flexibility index (Phi) is 1.26. The summed E-state index contributed by atoms with van der Waals surface area (Å²) >= 11 is 0. The fraction of sp³-hybridized carbons (Fsp3) is 0.222. The lowest BCUT2D eigenvalue weighted by Gasteiger charge is -2.13. The maximum absolute atomic E-state index is 11.3. The number of para-hydroxylation sites is 1. The van der Waals surface area contributed by atoms with Crippen LogP contribution in [0, 0.1) is 0 Å². The molecule has 0 saturated carbocycles. The molecule has 0 fully saturated rings. The molecule has 2 rings (SSSR count). The van der Waals surface area contributed by atoms with E-state index in [0.29, 0.717) is 11.3 Å². The van der Waals surface area contributed by atoms with E-state index in [1.165, 1.54) is 6.92 Å². The molecule has 0 aromatic heterocycles. The number of benzene rings is 1. The lowest BCUT2D eigenvalue weighted by molar-refractivity contribution is -0.0749. The highest BCUT2D eigenvalue weighted by atomic mass is 16.6. The van der Waals surface area contributed by atoms with E-state index in [4.69, 9.17) is 4.74 Å². The first kappa shape index (κ1) is 7.31. The molecule has 3 heteroatoms. The van der Waals surface area contributed by atoms with Crippen LogP contribution in [0.3, 0.4) is 0 Å². The molecule has 0 radical (unpaired) electrons. The van der Waals surface area contributed by atoms with Gasteiger partial charge in [0.15, 0.2) is 0 Å². The molecule has 1 aromatic rings. The van der Waals surface area contributed by atoms with Gasteiger partial charge in [-0.15, -0.1) is 0 Å². The third-order valence-electron chi connectivity index (χ3n) is 1.86. The number of aliphatic hydroxyl groups is 1. The first-order valence-electron chi connectivity index (χ1n) is 3.66. The highest BCUT2D eigenvalue weighted by molar-refractivity contribution is 6.05. The van der Waals surface area contributed by atoms with Gasteiger partial charge in [-0.3, -0.25) is 4.79 Å². The largest absolute Gasteiger partial charge is 0.454 e. The van der Waals surface area contributed by atoms with E-state index >= 15 is 0 Å². The molecule has 0 spiro atoms. The second-order valence-corrected chi connectivity index (χ2v) is 2.91. The number of fused-ring (bicyclic) bond motifs is 1. The highest BCUT2D eigenvalue weighted by Crippen LogP contribution is 2.32. The van der Waals surface area contributed by atoms with Crippen molar-refractivity contribution in [2.24, 2.45) is 0 Å². The van der Waals surface area contributed by atoms with Crippen LogP contribution in [0.5, 0.6) is 5.75 Å². The maximum Gasteiger partial charge on any atom is 0.269 e. The predicted octanol–water partition coefficient (Wildman–Crippen LogP) is 0.970. The van der Waals surface area contributed by atoms with Crippen molar-refractivity contribution in [3.05, 3.63) is 29.8 Å². The van der Waals surface area contributed by atoms with E-state index in [1.54, 1.807) is 24.3 Å². The summed E-state index contributed by atoms with van der Waals surface area (Å²) in [7, 11) is 0. The number of ether oxygens (including phenoxy) is 1. The Bertz CT molecular complexity index is 341. The Morgan fingerprint density at radius 1 is 1.42 bits per heavy atom. The summed E-state index contributed by atoms with van der Waals surface area (Å²) in [4.78, 5) is 11.3. The third-order valence-corrected chi connectivity index (χ3v) is 1.86. The minimum atomic E-state index is -1.68. The highest BCUT2D eigenvalue weighted by Gasteiger charge is 2.41. The van der Waals surface area contributed by atoms with E-state index in [2.05, 4.69) is 0 Å². The molecule has 1 aliphatic heterocycles. The predicted molar refractivity (Wildman–Crippen MR) is 42.0 cm³/mol. The van der Waals surface area contributed by atoms with E-state index in [-0.39, 0.29) is 5.78 Å². The van der Waals surface area contributed by atoms with Crippen molar-refractivity contribution in [2.75, 3.05) is 0 Å². The van der Waals surface area contributed by atoms with Crippen molar-refractivity contribution in [1.82, 2.24) is 0 Å². The molecule has 0 aliphatic carbocycles. The molecule has 1 N–H and O–H groups in total. The zero-order valence-corrected chi connectivity index (χ0v) is 6.57.